The molecule has 1 aromatic carbocycles. The van der Waals surface area contributed by atoms with Gasteiger partial charge in [-0.3, -0.25) is 0 Å². The first-order valence-corrected chi connectivity index (χ1v) is 4.86. The number of aryl methyl sites for hydroxylation is 1. The minimum atomic E-state index is -0.226. The molecule has 0 nitrogen and oxygen atoms in total. The lowest BCUT2D eigenvalue weighted by atomic mass is 9.93. The van der Waals surface area contributed by atoms with Gasteiger partial charge in [0.15, 0.2) is 0 Å². The molecule has 0 saturated heterocycles. The van der Waals surface area contributed by atoms with Gasteiger partial charge in [-0.15, -0.1) is 6.58 Å². The predicted octanol–water partition coefficient (Wildman–Crippen LogP) is 3.63. The van der Waals surface area contributed by atoms with Gasteiger partial charge in [0.2, 0.25) is 0 Å². The second-order valence-corrected chi connectivity index (χ2v) is 4.53. The second-order valence-electron chi connectivity index (χ2n) is 3.60. The molecule has 1 rings (SSSR count). The third-order valence-corrected chi connectivity index (χ3v) is 2.97. The number of hydrogen-bond donors (Lipinski definition) is 1. The van der Waals surface area contributed by atoms with Crippen LogP contribution in [-0.4, -0.2) is 0 Å². The van der Waals surface area contributed by atoms with Crippen LogP contribution in [0.25, 0.3) is 0 Å². The summed E-state index contributed by atoms with van der Waals surface area (Å²) in [6.45, 7) is 10.1. The van der Waals surface area contributed by atoms with Crippen LogP contribution in [0.3, 0.4) is 0 Å². The zero-order chi connectivity index (χ0) is 10.1. The van der Waals surface area contributed by atoms with Crippen molar-refractivity contribution >= 4 is 12.6 Å². The summed E-state index contributed by atoms with van der Waals surface area (Å²) in [5, 5.41) is 0. The molecule has 0 saturated carbocycles. The highest BCUT2D eigenvalue weighted by molar-refractivity contribution is 7.81. The Hall–Kier alpha value is -0.690. The first kappa shape index (κ1) is 10.4. The van der Waals surface area contributed by atoms with Crippen molar-refractivity contribution in [2.24, 2.45) is 0 Å². The van der Waals surface area contributed by atoms with Crippen molar-refractivity contribution in [3.63, 3.8) is 0 Å². The van der Waals surface area contributed by atoms with E-state index in [4.69, 9.17) is 0 Å². The van der Waals surface area contributed by atoms with Gasteiger partial charge in [0.25, 0.3) is 0 Å². The van der Waals surface area contributed by atoms with Gasteiger partial charge in [0.1, 0.15) is 0 Å². The summed E-state index contributed by atoms with van der Waals surface area (Å²) < 4.78 is -0.226. The summed E-state index contributed by atoms with van der Waals surface area (Å²) in [4.78, 5) is 0. The number of rotatable bonds is 2. The van der Waals surface area contributed by atoms with Crippen molar-refractivity contribution in [3.8, 4) is 0 Å². The molecule has 0 N–H and O–H groups in total. The maximum absolute atomic E-state index is 4.58. The second kappa shape index (κ2) is 3.59. The summed E-state index contributed by atoms with van der Waals surface area (Å²) in [6, 6.07) is 6.29. The van der Waals surface area contributed by atoms with Crippen molar-refractivity contribution in [3.05, 3.63) is 47.5 Å². The van der Waals surface area contributed by atoms with Crippen LogP contribution in [0.2, 0.25) is 0 Å². The van der Waals surface area contributed by atoms with E-state index in [1.54, 1.807) is 0 Å². The van der Waals surface area contributed by atoms with Crippen molar-refractivity contribution in [2.75, 3.05) is 0 Å². The quantitative estimate of drug-likeness (QED) is 0.537. The zero-order valence-corrected chi connectivity index (χ0v) is 9.36. The summed E-state index contributed by atoms with van der Waals surface area (Å²) in [5.41, 5.74) is 3.85. The van der Waals surface area contributed by atoms with Crippen LogP contribution in [0.5, 0.6) is 0 Å². The molecular formula is C12H16S. The van der Waals surface area contributed by atoms with Gasteiger partial charge < -0.3 is 0 Å². The van der Waals surface area contributed by atoms with Crippen LogP contribution in [0.15, 0.2) is 30.9 Å². The van der Waals surface area contributed by atoms with Crippen LogP contribution in [0, 0.1) is 13.8 Å². The van der Waals surface area contributed by atoms with Crippen molar-refractivity contribution < 1.29 is 0 Å². The normalized spacial score (nSPS) is 15.1. The summed E-state index contributed by atoms with van der Waals surface area (Å²) in [6.07, 6.45) is 1.87. The van der Waals surface area contributed by atoms with Gasteiger partial charge in [-0.2, -0.15) is 12.6 Å². The van der Waals surface area contributed by atoms with Gasteiger partial charge in [0, 0.05) is 0 Å². The average Bonchev–Trinajstić information content (AvgIpc) is 2.09. The molecule has 1 aromatic rings. The van der Waals surface area contributed by atoms with Gasteiger partial charge in [0.05, 0.1) is 4.75 Å². The molecule has 13 heavy (non-hydrogen) atoms. The molecule has 0 aromatic heterocycles. The Morgan fingerprint density at radius 3 is 2.54 bits per heavy atom. The fraction of sp³-hybridized carbons (Fsp3) is 0.333. The van der Waals surface area contributed by atoms with E-state index in [1.807, 2.05) is 6.08 Å². The lowest BCUT2D eigenvalue weighted by molar-refractivity contribution is 0.877. The van der Waals surface area contributed by atoms with Crippen LogP contribution in [-0.2, 0) is 4.75 Å². The van der Waals surface area contributed by atoms with Gasteiger partial charge in [-0.1, -0.05) is 24.3 Å². The maximum Gasteiger partial charge on any atom is 0.0529 e. The summed E-state index contributed by atoms with van der Waals surface area (Å²) in [7, 11) is 0. The molecular weight excluding hydrogens is 176 g/mol. The molecule has 0 fully saturated rings. The molecule has 70 valence electrons. The lowest BCUT2D eigenvalue weighted by Gasteiger charge is -2.22. The van der Waals surface area contributed by atoms with Crippen molar-refractivity contribution in [1.29, 1.82) is 0 Å². The maximum atomic E-state index is 4.58. The lowest BCUT2D eigenvalue weighted by Crippen LogP contribution is -2.11. The van der Waals surface area contributed by atoms with E-state index in [2.05, 4.69) is 58.2 Å². The Kier molecular flexibility index (Phi) is 2.87. The third kappa shape index (κ3) is 1.97. The van der Waals surface area contributed by atoms with E-state index < -0.39 is 0 Å². The highest BCUT2D eigenvalue weighted by atomic mass is 32.1. The van der Waals surface area contributed by atoms with E-state index in [-0.39, 0.29) is 4.75 Å². The number of benzene rings is 1. The third-order valence-electron chi connectivity index (χ3n) is 2.55. The topological polar surface area (TPSA) is 0 Å². The molecule has 0 aliphatic heterocycles. The molecule has 0 bridgehead atoms. The average molecular weight is 192 g/mol. The van der Waals surface area contributed by atoms with E-state index in [1.165, 1.54) is 16.7 Å². The molecule has 1 heteroatoms. The molecule has 1 atom stereocenters. The van der Waals surface area contributed by atoms with Crippen LogP contribution < -0.4 is 0 Å². The van der Waals surface area contributed by atoms with E-state index in [0.717, 1.165) is 0 Å². The molecule has 0 spiro atoms. The molecule has 0 amide bonds. The van der Waals surface area contributed by atoms with Crippen LogP contribution in [0.1, 0.15) is 23.6 Å². The highest BCUT2D eigenvalue weighted by Crippen LogP contribution is 2.32. The van der Waals surface area contributed by atoms with Crippen LogP contribution >= 0.6 is 12.6 Å². The Bertz CT molecular complexity index is 324. The molecule has 1 unspecified atom stereocenters. The number of thiol groups is 1. The fourth-order valence-corrected chi connectivity index (χ4v) is 1.65. The van der Waals surface area contributed by atoms with Gasteiger partial charge in [-0.05, 0) is 37.5 Å². The van der Waals surface area contributed by atoms with Gasteiger partial charge >= 0.3 is 0 Å². The first-order chi connectivity index (χ1) is 5.99. The standard InChI is InChI=1S/C12H16S/c1-5-12(4,13)11-8-6-7-9(2)10(11)3/h5-8,13H,1H2,2-4H3. The highest BCUT2D eigenvalue weighted by Gasteiger charge is 2.19. The SMILES string of the molecule is C=CC(C)(S)c1cccc(C)c1C. The fourth-order valence-electron chi connectivity index (χ4n) is 1.41. The first-order valence-electron chi connectivity index (χ1n) is 4.41. The Balaban J connectivity index is 3.30. The minimum absolute atomic E-state index is 0.226. The van der Waals surface area contributed by atoms with Gasteiger partial charge in [-0.25, -0.2) is 0 Å². The van der Waals surface area contributed by atoms with Crippen molar-refractivity contribution in [1.82, 2.24) is 0 Å². The molecule has 0 aliphatic carbocycles. The van der Waals surface area contributed by atoms with E-state index in [0.29, 0.717) is 0 Å². The summed E-state index contributed by atoms with van der Waals surface area (Å²) in [5.74, 6) is 0. The molecule has 0 aliphatic rings. The Morgan fingerprint density at radius 1 is 1.38 bits per heavy atom. The predicted molar refractivity (Wildman–Crippen MR) is 62.5 cm³/mol. The Labute approximate surface area is 86.1 Å². The van der Waals surface area contributed by atoms with Crippen LogP contribution in [0.4, 0.5) is 0 Å². The minimum Gasteiger partial charge on any atom is -0.164 e. The Morgan fingerprint density at radius 2 is 2.00 bits per heavy atom. The largest absolute Gasteiger partial charge is 0.164 e. The van der Waals surface area contributed by atoms with E-state index >= 15 is 0 Å². The summed E-state index contributed by atoms with van der Waals surface area (Å²) >= 11 is 4.58. The molecule has 0 radical (unpaired) electrons. The monoisotopic (exact) mass is 192 g/mol. The molecule has 0 heterocycles. The zero-order valence-electron chi connectivity index (χ0n) is 8.46. The van der Waals surface area contributed by atoms with E-state index in [9.17, 15) is 0 Å². The van der Waals surface area contributed by atoms with Crippen molar-refractivity contribution in [2.45, 2.75) is 25.5 Å². The number of hydrogen-bond acceptors (Lipinski definition) is 1. The smallest absolute Gasteiger partial charge is 0.0529 e.